The van der Waals surface area contributed by atoms with Gasteiger partial charge in [-0.15, -0.1) is 10.2 Å². The number of nitrogens with two attached hydrogens (primary N) is 2. The van der Waals surface area contributed by atoms with Crippen LogP contribution in [0.3, 0.4) is 0 Å². The highest BCUT2D eigenvalue weighted by atomic mass is 15.3. The highest BCUT2D eigenvalue weighted by Gasteiger charge is 2.17. The maximum absolute atomic E-state index is 9.35. The van der Waals surface area contributed by atoms with Crippen molar-refractivity contribution in [1.82, 2.24) is 19.2 Å². The number of fused-ring (bicyclic) bond motifs is 6. The maximum Gasteiger partial charge on any atom is 0.164 e. The van der Waals surface area contributed by atoms with Gasteiger partial charge in [0, 0.05) is 22.2 Å². The van der Waals surface area contributed by atoms with Gasteiger partial charge < -0.3 is 11.5 Å². The van der Waals surface area contributed by atoms with Gasteiger partial charge in [0.05, 0.1) is 11.0 Å². The molecule has 0 unspecified atom stereocenters. The first-order valence-corrected chi connectivity index (χ1v) is 13.7. The van der Waals surface area contributed by atoms with E-state index in [0.717, 1.165) is 82.5 Å². The van der Waals surface area contributed by atoms with E-state index in [1.807, 2.05) is 45.4 Å². The number of nitrogen functional groups attached to an aromatic ring is 2. The number of aromatic nitrogens is 4. The van der Waals surface area contributed by atoms with Crippen LogP contribution >= 0.6 is 0 Å². The van der Waals surface area contributed by atoms with Gasteiger partial charge in [-0.3, -0.25) is 0 Å². The monoisotopic (exact) mass is 528 g/mol. The number of hydrogen-bond donors (Lipinski definition) is 2. The smallest absolute Gasteiger partial charge is 0.164 e. The lowest BCUT2D eigenvalue weighted by molar-refractivity contribution is 0.747. The van der Waals surface area contributed by atoms with E-state index < -0.39 is 0 Å². The average molecular weight is 529 g/mol. The molecular formula is C32H32N8. The van der Waals surface area contributed by atoms with Gasteiger partial charge in [0.15, 0.2) is 11.6 Å². The molecule has 40 heavy (non-hydrogen) atoms. The molecule has 2 aromatic carbocycles. The number of nitriles is 2. The summed E-state index contributed by atoms with van der Waals surface area (Å²) in [7, 11) is 0. The number of benzene rings is 2. The molecule has 200 valence electrons. The summed E-state index contributed by atoms with van der Waals surface area (Å²) in [6.07, 6.45) is 6.30. The van der Waals surface area contributed by atoms with E-state index in [2.05, 4.69) is 60.4 Å². The van der Waals surface area contributed by atoms with Crippen LogP contribution in [0.15, 0.2) is 60.7 Å². The summed E-state index contributed by atoms with van der Waals surface area (Å²) in [5.74, 6) is 0.614. The van der Waals surface area contributed by atoms with Gasteiger partial charge in [0.25, 0.3) is 0 Å². The van der Waals surface area contributed by atoms with Crippen LogP contribution in [0.4, 0.5) is 11.6 Å². The molecule has 6 aromatic rings. The van der Waals surface area contributed by atoms with Gasteiger partial charge in [0.2, 0.25) is 0 Å². The largest absolute Gasteiger partial charge is 0.381 e. The van der Waals surface area contributed by atoms with Crippen molar-refractivity contribution in [2.24, 2.45) is 0 Å². The minimum absolute atomic E-state index is 0.307. The molecule has 0 aliphatic carbocycles. The van der Waals surface area contributed by atoms with Gasteiger partial charge in [-0.25, -0.2) is 9.03 Å². The Bertz CT molecular complexity index is 1790. The number of unbranched alkanes of at least 4 members (excludes halogenated alkanes) is 2. The van der Waals surface area contributed by atoms with Crippen LogP contribution in [0.2, 0.25) is 0 Å². The van der Waals surface area contributed by atoms with Gasteiger partial charge in [-0.1, -0.05) is 75.2 Å². The molecular weight excluding hydrogens is 496 g/mol. The summed E-state index contributed by atoms with van der Waals surface area (Å²) in [5, 5.41) is 31.7. The third-order valence-electron chi connectivity index (χ3n) is 7.24. The zero-order chi connectivity index (χ0) is 28.2. The Morgan fingerprint density at radius 2 is 1.07 bits per heavy atom. The summed E-state index contributed by atoms with van der Waals surface area (Å²) in [4.78, 5) is 0. The third-order valence-corrected chi connectivity index (χ3v) is 7.24. The normalized spacial score (nSPS) is 11.0. The fraction of sp³-hybridized carbons (Fsp3) is 0.250. The number of pyridine rings is 2. The first-order valence-electron chi connectivity index (χ1n) is 13.7. The number of nitrogens with zero attached hydrogens (tertiary/aromatic N) is 6. The molecule has 0 aliphatic rings. The van der Waals surface area contributed by atoms with Crippen molar-refractivity contribution >= 4 is 44.2 Å². The quantitative estimate of drug-likeness (QED) is 0.251. The van der Waals surface area contributed by atoms with E-state index in [0.29, 0.717) is 22.8 Å². The molecule has 0 spiro atoms. The van der Waals surface area contributed by atoms with Crippen molar-refractivity contribution in [1.29, 1.82) is 10.5 Å². The van der Waals surface area contributed by atoms with Crippen LogP contribution in [0.25, 0.3) is 32.6 Å². The Morgan fingerprint density at radius 3 is 1.45 bits per heavy atom. The topological polar surface area (TPSA) is 134 Å². The van der Waals surface area contributed by atoms with Crippen LogP contribution < -0.4 is 11.5 Å². The van der Waals surface area contributed by atoms with Crippen molar-refractivity contribution in [3.8, 4) is 12.1 Å². The molecule has 0 bridgehead atoms. The molecule has 4 aromatic heterocycles. The van der Waals surface area contributed by atoms with Crippen LogP contribution in [0.5, 0.6) is 0 Å². The summed E-state index contributed by atoms with van der Waals surface area (Å²) < 4.78 is 3.68. The molecule has 8 nitrogen and oxygen atoms in total. The fourth-order valence-corrected chi connectivity index (χ4v) is 5.23. The predicted octanol–water partition coefficient (Wildman–Crippen LogP) is 6.57. The summed E-state index contributed by atoms with van der Waals surface area (Å²) in [5.41, 5.74) is 16.6. The zero-order valence-electron chi connectivity index (χ0n) is 22.9. The minimum Gasteiger partial charge on any atom is -0.381 e. The molecule has 4 N–H and O–H groups in total. The van der Waals surface area contributed by atoms with Crippen LogP contribution in [-0.4, -0.2) is 19.2 Å². The Balaban J connectivity index is 0.000000161. The summed E-state index contributed by atoms with van der Waals surface area (Å²) in [6, 6.07) is 24.8. The molecule has 4 heterocycles. The molecule has 0 aliphatic heterocycles. The summed E-state index contributed by atoms with van der Waals surface area (Å²) >= 11 is 0. The van der Waals surface area contributed by atoms with Gasteiger partial charge in [-0.2, -0.15) is 10.5 Å². The molecule has 0 saturated carbocycles. The third kappa shape index (κ3) is 4.65. The van der Waals surface area contributed by atoms with E-state index in [-0.39, 0.29) is 0 Å². The van der Waals surface area contributed by atoms with E-state index in [4.69, 9.17) is 11.5 Å². The molecule has 0 radical (unpaired) electrons. The highest BCUT2D eigenvalue weighted by Crippen LogP contribution is 2.29. The molecule has 6 rings (SSSR count). The van der Waals surface area contributed by atoms with Crippen LogP contribution in [0.1, 0.15) is 62.0 Å². The lowest BCUT2D eigenvalue weighted by Gasteiger charge is -2.08. The maximum atomic E-state index is 9.35. The van der Waals surface area contributed by atoms with Crippen LogP contribution in [-0.2, 0) is 12.8 Å². The second-order valence-corrected chi connectivity index (χ2v) is 9.92. The standard InChI is InChI=1S/2C16H16N4/c2*1-2-3-7-12-9-11-6-4-5-8-13(11)15-14(10-17)16(18)19-20(12)15/h2*4-6,8-9H,2-3,7H2,1H3,(H2,18,19). The van der Waals surface area contributed by atoms with Gasteiger partial charge >= 0.3 is 0 Å². The van der Waals surface area contributed by atoms with Crippen molar-refractivity contribution in [2.45, 2.75) is 52.4 Å². The molecule has 0 amide bonds. The molecule has 8 heteroatoms. The Kier molecular flexibility index (Phi) is 7.52. The molecule has 0 saturated heterocycles. The Hall–Kier alpha value is -5.08. The number of anilines is 2. The van der Waals surface area contributed by atoms with Crippen molar-refractivity contribution in [3.05, 3.63) is 83.2 Å². The van der Waals surface area contributed by atoms with E-state index in [1.165, 1.54) is 0 Å². The average Bonchev–Trinajstić information content (AvgIpc) is 3.50. The highest BCUT2D eigenvalue weighted by molar-refractivity contribution is 6.01. The van der Waals surface area contributed by atoms with E-state index in [9.17, 15) is 10.5 Å². The first-order chi connectivity index (χ1) is 19.5. The van der Waals surface area contributed by atoms with E-state index >= 15 is 0 Å². The van der Waals surface area contributed by atoms with Crippen molar-refractivity contribution in [2.75, 3.05) is 11.5 Å². The number of hydrogen-bond acceptors (Lipinski definition) is 6. The minimum atomic E-state index is 0.307. The van der Waals surface area contributed by atoms with Gasteiger partial charge in [0.1, 0.15) is 23.3 Å². The lowest BCUT2D eigenvalue weighted by atomic mass is 10.1. The number of rotatable bonds is 6. The lowest BCUT2D eigenvalue weighted by Crippen LogP contribution is -2.00. The summed E-state index contributed by atoms with van der Waals surface area (Å²) in [6.45, 7) is 4.33. The first kappa shape index (κ1) is 26.5. The molecule has 0 atom stereocenters. The van der Waals surface area contributed by atoms with Crippen molar-refractivity contribution in [3.63, 3.8) is 0 Å². The Labute approximate surface area is 233 Å². The van der Waals surface area contributed by atoms with E-state index in [1.54, 1.807) is 0 Å². The predicted molar refractivity (Wildman–Crippen MR) is 161 cm³/mol. The van der Waals surface area contributed by atoms with Gasteiger partial charge in [-0.05, 0) is 48.6 Å². The second-order valence-electron chi connectivity index (χ2n) is 9.92. The van der Waals surface area contributed by atoms with Crippen molar-refractivity contribution < 1.29 is 0 Å². The SMILES string of the molecule is CCCCc1cc2ccccc2c2c(C#N)c(N)nn12.CCCCc1cc2ccccc2c2c(C#N)c(N)nn12. The number of aryl methyl sites for hydroxylation is 2. The zero-order valence-corrected chi connectivity index (χ0v) is 22.9. The Morgan fingerprint density at radius 1 is 0.675 bits per heavy atom. The molecule has 0 fully saturated rings. The second kappa shape index (κ2) is 11.3. The van der Waals surface area contributed by atoms with Crippen LogP contribution in [0, 0.1) is 22.7 Å². The fourth-order valence-electron chi connectivity index (χ4n) is 5.23.